The Hall–Kier alpha value is 0.1000. The van der Waals surface area contributed by atoms with Crippen molar-refractivity contribution < 1.29 is 19.4 Å². The zero-order valence-corrected chi connectivity index (χ0v) is 8.32. The van der Waals surface area contributed by atoms with Crippen LogP contribution in [0.1, 0.15) is 0 Å². The number of hydrogen-bond acceptors (Lipinski definition) is 4. The minimum absolute atomic E-state index is 1.12. The first kappa shape index (κ1) is 12.1. The van der Waals surface area contributed by atoms with E-state index in [0.29, 0.717) is 0 Å². The molecule has 0 fully saturated rings. The second-order valence-electron chi connectivity index (χ2n) is 1.41. The van der Waals surface area contributed by atoms with Gasteiger partial charge in [-0.05, 0) is 0 Å². The summed E-state index contributed by atoms with van der Waals surface area (Å²) in [6.07, 6.45) is 0. The largest absolute Gasteiger partial charge is 0.388 e. The van der Waals surface area contributed by atoms with Gasteiger partial charge in [0.15, 0.2) is 0 Å². The van der Waals surface area contributed by atoms with E-state index in [1.165, 1.54) is 0 Å². The Labute approximate surface area is 87.5 Å². The average Bonchev–Trinajstić information content (AvgIpc) is 1.98. The lowest BCUT2D eigenvalue weighted by Crippen LogP contribution is -2.19. The van der Waals surface area contributed by atoms with Crippen LogP contribution in [-0.4, -0.2) is 21.6 Å². The Balaban J connectivity index is 3.69. The van der Waals surface area contributed by atoms with Gasteiger partial charge >= 0.3 is 11.9 Å². The second kappa shape index (κ2) is 5.70. The molecule has 70 valence electrons. The summed E-state index contributed by atoms with van der Waals surface area (Å²) in [6, 6.07) is 0. The number of rotatable bonds is 2. The van der Waals surface area contributed by atoms with E-state index in [9.17, 15) is 9.59 Å². The van der Waals surface area contributed by atoms with Crippen LogP contribution in [0.4, 0.5) is 0 Å². The Morgan fingerprint density at radius 1 is 0.833 bits per heavy atom. The molecule has 0 saturated carbocycles. The third-order valence-electron chi connectivity index (χ3n) is 0.562. The predicted molar refractivity (Wildman–Crippen MR) is 43.2 cm³/mol. The summed E-state index contributed by atoms with van der Waals surface area (Å²) in [5, 5.41) is 0. The summed E-state index contributed by atoms with van der Waals surface area (Å²) in [6.45, 7) is 0. The van der Waals surface area contributed by atoms with Gasteiger partial charge in [0.2, 0.25) is 9.67 Å². The molecule has 0 saturated heterocycles. The molecule has 0 aromatic carbocycles. The number of alkyl halides is 4. The van der Waals surface area contributed by atoms with Crippen molar-refractivity contribution in [2.24, 2.45) is 0 Å². The lowest BCUT2D eigenvalue weighted by Gasteiger charge is -2.02. The van der Waals surface area contributed by atoms with Gasteiger partial charge in [-0.25, -0.2) is 19.4 Å². The van der Waals surface area contributed by atoms with Crippen molar-refractivity contribution in [2.45, 2.75) is 9.67 Å². The lowest BCUT2D eigenvalue weighted by atomic mass is 10.8. The van der Waals surface area contributed by atoms with Crippen LogP contribution in [0.3, 0.4) is 0 Å². The highest BCUT2D eigenvalue weighted by Gasteiger charge is 2.20. The van der Waals surface area contributed by atoms with Crippen LogP contribution < -0.4 is 0 Å². The Morgan fingerprint density at radius 3 is 1.25 bits per heavy atom. The maximum Gasteiger partial charge on any atom is 0.388 e. The zero-order valence-electron chi connectivity index (χ0n) is 5.30. The van der Waals surface area contributed by atoms with Gasteiger partial charge < -0.3 is 0 Å². The third kappa shape index (κ3) is 4.87. The fourth-order valence-electron chi connectivity index (χ4n) is 0.155. The van der Waals surface area contributed by atoms with Crippen molar-refractivity contribution in [3.63, 3.8) is 0 Å². The monoisotopic (exact) mass is 254 g/mol. The van der Waals surface area contributed by atoms with E-state index in [0.717, 1.165) is 0 Å². The van der Waals surface area contributed by atoms with E-state index in [-0.39, 0.29) is 0 Å². The highest BCUT2D eigenvalue weighted by Crippen LogP contribution is 2.07. The zero-order chi connectivity index (χ0) is 9.72. The molecule has 12 heavy (non-hydrogen) atoms. The van der Waals surface area contributed by atoms with Crippen molar-refractivity contribution in [2.75, 3.05) is 0 Å². The minimum Gasteiger partial charge on any atom is -0.244 e. The maximum absolute atomic E-state index is 10.4. The Kier molecular flexibility index (Phi) is 5.74. The molecule has 0 N–H and O–H groups in total. The molecular formula is C4H2Cl4O4. The average molecular weight is 256 g/mol. The number of carbonyl (C=O) groups is 2. The summed E-state index contributed by atoms with van der Waals surface area (Å²) >= 11 is 20.1. The first-order valence-electron chi connectivity index (χ1n) is 2.43. The summed E-state index contributed by atoms with van der Waals surface area (Å²) in [4.78, 5) is 25.6. The van der Waals surface area contributed by atoms with E-state index < -0.39 is 21.6 Å². The van der Waals surface area contributed by atoms with Crippen molar-refractivity contribution in [1.29, 1.82) is 0 Å². The van der Waals surface area contributed by atoms with E-state index in [2.05, 4.69) is 9.78 Å². The molecule has 0 atom stereocenters. The van der Waals surface area contributed by atoms with Gasteiger partial charge in [-0.3, -0.25) is 0 Å². The van der Waals surface area contributed by atoms with Crippen LogP contribution in [0.2, 0.25) is 0 Å². The fourth-order valence-corrected chi connectivity index (χ4v) is 0.300. The molecular weight excluding hydrogens is 254 g/mol. The first-order valence-corrected chi connectivity index (χ1v) is 4.18. The Bertz CT molecular complexity index is 160. The Morgan fingerprint density at radius 2 is 1.08 bits per heavy atom. The molecule has 8 heteroatoms. The summed E-state index contributed by atoms with van der Waals surface area (Å²) in [7, 11) is 0. The summed E-state index contributed by atoms with van der Waals surface area (Å²) < 4.78 is 0. The van der Waals surface area contributed by atoms with Crippen molar-refractivity contribution in [3.05, 3.63) is 0 Å². The number of halogens is 4. The van der Waals surface area contributed by atoms with Gasteiger partial charge in [-0.2, -0.15) is 0 Å². The molecule has 0 aliphatic rings. The van der Waals surface area contributed by atoms with Crippen molar-refractivity contribution in [3.8, 4) is 0 Å². The molecule has 0 aliphatic heterocycles. The van der Waals surface area contributed by atoms with Gasteiger partial charge in [0, 0.05) is 0 Å². The topological polar surface area (TPSA) is 52.6 Å². The highest BCUT2D eigenvalue weighted by atomic mass is 35.5. The molecule has 0 rings (SSSR count). The molecule has 0 amide bonds. The molecule has 0 spiro atoms. The molecule has 4 nitrogen and oxygen atoms in total. The van der Waals surface area contributed by atoms with Crippen molar-refractivity contribution in [1.82, 2.24) is 0 Å². The van der Waals surface area contributed by atoms with E-state index in [1.807, 2.05) is 0 Å². The van der Waals surface area contributed by atoms with Crippen LogP contribution in [0.25, 0.3) is 0 Å². The van der Waals surface area contributed by atoms with E-state index >= 15 is 0 Å². The minimum atomic E-state index is -1.43. The van der Waals surface area contributed by atoms with Crippen LogP contribution in [0.5, 0.6) is 0 Å². The molecule has 0 aliphatic carbocycles. The molecule has 0 heterocycles. The van der Waals surface area contributed by atoms with Crippen molar-refractivity contribution >= 4 is 58.3 Å². The highest BCUT2D eigenvalue weighted by molar-refractivity contribution is 6.53. The van der Waals surface area contributed by atoms with Crippen LogP contribution in [0.15, 0.2) is 0 Å². The summed E-state index contributed by atoms with van der Waals surface area (Å²) in [5.41, 5.74) is 0. The van der Waals surface area contributed by atoms with Crippen LogP contribution in [-0.2, 0) is 19.4 Å². The van der Waals surface area contributed by atoms with E-state index in [4.69, 9.17) is 46.4 Å². The quantitative estimate of drug-likeness (QED) is 0.427. The SMILES string of the molecule is O=C(OOC(=O)C(Cl)Cl)C(Cl)Cl. The maximum atomic E-state index is 10.4. The molecule has 0 bridgehead atoms. The number of carbonyl (C=O) groups excluding carboxylic acids is 2. The summed E-state index contributed by atoms with van der Waals surface area (Å²) in [5.74, 6) is -2.25. The lowest BCUT2D eigenvalue weighted by molar-refractivity contribution is -0.256. The van der Waals surface area contributed by atoms with Gasteiger partial charge in [-0.15, -0.1) is 0 Å². The van der Waals surface area contributed by atoms with Gasteiger partial charge in [-0.1, -0.05) is 46.4 Å². The second-order valence-corrected chi connectivity index (χ2v) is 3.60. The van der Waals surface area contributed by atoms with Gasteiger partial charge in [0.25, 0.3) is 0 Å². The van der Waals surface area contributed by atoms with Crippen LogP contribution >= 0.6 is 46.4 Å². The standard InChI is InChI=1S/C4H2Cl4O4/c5-1(6)3(9)11-12-4(10)2(7)8/h1-2H. The van der Waals surface area contributed by atoms with Crippen LogP contribution in [0, 0.1) is 0 Å². The molecule has 0 aromatic heterocycles. The molecule has 0 radical (unpaired) electrons. The number of hydrogen-bond donors (Lipinski definition) is 0. The third-order valence-corrected chi connectivity index (χ3v) is 1.27. The van der Waals surface area contributed by atoms with Gasteiger partial charge in [0.05, 0.1) is 0 Å². The van der Waals surface area contributed by atoms with E-state index in [1.54, 1.807) is 0 Å². The van der Waals surface area contributed by atoms with Gasteiger partial charge in [0.1, 0.15) is 0 Å². The first-order chi connectivity index (χ1) is 5.45. The molecule has 0 unspecified atom stereocenters. The predicted octanol–water partition coefficient (Wildman–Crippen LogP) is 1.60. The normalized spacial score (nSPS) is 10.2. The smallest absolute Gasteiger partial charge is 0.244 e. The molecule has 0 aromatic rings. The fraction of sp³-hybridized carbons (Fsp3) is 0.500.